The van der Waals surface area contributed by atoms with Crippen LogP contribution in [-0.4, -0.2) is 52.5 Å². The van der Waals surface area contributed by atoms with Crippen LogP contribution in [-0.2, 0) is 0 Å². The summed E-state index contributed by atoms with van der Waals surface area (Å²) in [5.41, 5.74) is 0.465. The van der Waals surface area contributed by atoms with Crippen LogP contribution in [0.15, 0.2) is 6.20 Å². The maximum atomic E-state index is 12.3. The predicted molar refractivity (Wildman–Crippen MR) is 70.8 cm³/mol. The standard InChI is InChI=1S/C13H21N5O/c1-17(8-10-4-2-3-5-10)13(19)12-9-18(16-15-12)11-6-14-7-11/h9-11,14H,2-8H2,1H3. The van der Waals surface area contributed by atoms with Crippen molar-refractivity contribution < 1.29 is 4.79 Å². The molecule has 1 aromatic heterocycles. The lowest BCUT2D eigenvalue weighted by Crippen LogP contribution is -2.43. The van der Waals surface area contributed by atoms with Gasteiger partial charge in [0.1, 0.15) is 0 Å². The number of carbonyl (C=O) groups is 1. The van der Waals surface area contributed by atoms with Gasteiger partial charge < -0.3 is 10.2 Å². The third-order valence-electron chi connectivity index (χ3n) is 4.22. The highest BCUT2D eigenvalue weighted by atomic mass is 16.2. The molecule has 6 nitrogen and oxygen atoms in total. The van der Waals surface area contributed by atoms with E-state index >= 15 is 0 Å². The minimum Gasteiger partial charge on any atom is -0.340 e. The maximum Gasteiger partial charge on any atom is 0.275 e. The van der Waals surface area contributed by atoms with Crippen molar-refractivity contribution in [3.63, 3.8) is 0 Å². The number of hydrogen-bond acceptors (Lipinski definition) is 4. The summed E-state index contributed by atoms with van der Waals surface area (Å²) < 4.78 is 1.80. The molecule has 104 valence electrons. The molecular weight excluding hydrogens is 242 g/mol. The summed E-state index contributed by atoms with van der Waals surface area (Å²) in [4.78, 5) is 14.1. The second-order valence-electron chi connectivity index (χ2n) is 5.73. The topological polar surface area (TPSA) is 63.1 Å². The van der Waals surface area contributed by atoms with E-state index in [1.165, 1.54) is 25.7 Å². The molecule has 0 aromatic carbocycles. The van der Waals surface area contributed by atoms with Crippen LogP contribution in [0, 0.1) is 5.92 Å². The Morgan fingerprint density at radius 2 is 2.21 bits per heavy atom. The summed E-state index contributed by atoms with van der Waals surface area (Å²) in [6, 6.07) is 0.356. The van der Waals surface area contributed by atoms with Crippen LogP contribution in [0.25, 0.3) is 0 Å². The summed E-state index contributed by atoms with van der Waals surface area (Å²) in [6.07, 6.45) is 6.88. The number of nitrogens with zero attached hydrogens (tertiary/aromatic N) is 4. The second-order valence-corrected chi connectivity index (χ2v) is 5.73. The Kier molecular flexibility index (Phi) is 3.50. The maximum absolute atomic E-state index is 12.3. The van der Waals surface area contributed by atoms with E-state index in [4.69, 9.17) is 0 Å². The van der Waals surface area contributed by atoms with E-state index < -0.39 is 0 Å². The molecular formula is C13H21N5O. The third kappa shape index (κ3) is 2.63. The second kappa shape index (κ2) is 5.28. The van der Waals surface area contributed by atoms with Gasteiger partial charge in [-0.3, -0.25) is 4.79 Å². The van der Waals surface area contributed by atoms with Gasteiger partial charge in [-0.1, -0.05) is 18.1 Å². The number of rotatable bonds is 4. The van der Waals surface area contributed by atoms with Crippen molar-refractivity contribution in [1.82, 2.24) is 25.2 Å². The van der Waals surface area contributed by atoms with Crippen LogP contribution in [0.3, 0.4) is 0 Å². The van der Waals surface area contributed by atoms with Crippen molar-refractivity contribution in [2.45, 2.75) is 31.7 Å². The zero-order chi connectivity index (χ0) is 13.2. The molecule has 0 atom stereocenters. The fourth-order valence-electron chi connectivity index (χ4n) is 2.87. The van der Waals surface area contributed by atoms with Gasteiger partial charge in [0, 0.05) is 26.7 Å². The Morgan fingerprint density at radius 3 is 2.84 bits per heavy atom. The van der Waals surface area contributed by atoms with Crippen LogP contribution in [0.1, 0.15) is 42.2 Å². The molecule has 1 aliphatic carbocycles. The molecule has 1 saturated carbocycles. The summed E-state index contributed by atoms with van der Waals surface area (Å²) >= 11 is 0. The molecule has 1 saturated heterocycles. The Labute approximate surface area is 113 Å². The van der Waals surface area contributed by atoms with Gasteiger partial charge in [0.25, 0.3) is 5.91 Å². The number of amides is 1. The Hall–Kier alpha value is -1.43. The highest BCUT2D eigenvalue weighted by Gasteiger charge is 2.24. The molecule has 2 fully saturated rings. The molecule has 0 unspecified atom stereocenters. The van der Waals surface area contributed by atoms with Gasteiger partial charge in [-0.05, 0) is 18.8 Å². The lowest BCUT2D eigenvalue weighted by atomic mass is 10.1. The van der Waals surface area contributed by atoms with Gasteiger partial charge in [-0.2, -0.15) is 0 Å². The number of hydrogen-bond donors (Lipinski definition) is 1. The highest BCUT2D eigenvalue weighted by Crippen LogP contribution is 2.25. The van der Waals surface area contributed by atoms with E-state index in [1.54, 1.807) is 15.8 Å². The quantitative estimate of drug-likeness (QED) is 0.868. The first-order valence-corrected chi connectivity index (χ1v) is 7.12. The van der Waals surface area contributed by atoms with Gasteiger partial charge in [0.15, 0.2) is 5.69 Å². The SMILES string of the molecule is CN(CC1CCCC1)C(=O)c1cn(C2CNC2)nn1. The molecule has 3 rings (SSSR count). The van der Waals surface area contributed by atoms with Crippen LogP contribution in [0.4, 0.5) is 0 Å². The molecule has 6 heteroatoms. The zero-order valence-electron chi connectivity index (χ0n) is 11.4. The zero-order valence-corrected chi connectivity index (χ0v) is 11.4. The Balaban J connectivity index is 1.60. The summed E-state index contributed by atoms with van der Waals surface area (Å²) in [7, 11) is 1.87. The van der Waals surface area contributed by atoms with Crippen LogP contribution < -0.4 is 5.32 Å². The lowest BCUT2D eigenvalue weighted by Gasteiger charge is -2.26. The van der Waals surface area contributed by atoms with Crippen molar-refractivity contribution in [3.8, 4) is 0 Å². The molecule has 1 aliphatic heterocycles. The molecule has 0 radical (unpaired) electrons. The number of aromatic nitrogens is 3. The molecule has 19 heavy (non-hydrogen) atoms. The van der Waals surface area contributed by atoms with E-state index in [2.05, 4.69) is 15.6 Å². The summed E-state index contributed by atoms with van der Waals surface area (Å²) in [5, 5.41) is 11.2. The van der Waals surface area contributed by atoms with Crippen molar-refractivity contribution in [3.05, 3.63) is 11.9 Å². The van der Waals surface area contributed by atoms with E-state index in [9.17, 15) is 4.79 Å². The van der Waals surface area contributed by atoms with Gasteiger partial charge in [-0.25, -0.2) is 4.68 Å². The van der Waals surface area contributed by atoms with E-state index in [-0.39, 0.29) is 5.91 Å². The molecule has 0 spiro atoms. The van der Waals surface area contributed by atoms with Crippen LogP contribution in [0.2, 0.25) is 0 Å². The smallest absolute Gasteiger partial charge is 0.275 e. The molecule has 1 aromatic rings. The first-order chi connectivity index (χ1) is 9.24. The van der Waals surface area contributed by atoms with Crippen molar-refractivity contribution in [2.24, 2.45) is 5.92 Å². The normalized spacial score (nSPS) is 20.5. The van der Waals surface area contributed by atoms with Gasteiger partial charge >= 0.3 is 0 Å². The molecule has 2 aliphatic rings. The molecule has 0 bridgehead atoms. The average Bonchev–Trinajstić information content (AvgIpc) is 2.97. The summed E-state index contributed by atoms with van der Waals surface area (Å²) in [5.74, 6) is 0.658. The fraction of sp³-hybridized carbons (Fsp3) is 0.769. The lowest BCUT2D eigenvalue weighted by molar-refractivity contribution is 0.0767. The first kappa shape index (κ1) is 12.6. The number of carbonyl (C=O) groups excluding carboxylic acids is 1. The van der Waals surface area contributed by atoms with E-state index in [0.717, 1.165) is 19.6 Å². The van der Waals surface area contributed by atoms with Crippen molar-refractivity contribution in [2.75, 3.05) is 26.7 Å². The fourth-order valence-corrected chi connectivity index (χ4v) is 2.87. The molecule has 1 amide bonds. The Bertz CT molecular complexity index is 448. The van der Waals surface area contributed by atoms with Crippen molar-refractivity contribution >= 4 is 5.91 Å². The number of nitrogens with one attached hydrogen (secondary N) is 1. The van der Waals surface area contributed by atoms with Crippen LogP contribution in [0.5, 0.6) is 0 Å². The van der Waals surface area contributed by atoms with Crippen LogP contribution >= 0.6 is 0 Å². The molecule has 1 N–H and O–H groups in total. The minimum atomic E-state index is -0.00886. The monoisotopic (exact) mass is 263 g/mol. The summed E-state index contributed by atoms with van der Waals surface area (Å²) in [6.45, 7) is 2.67. The minimum absolute atomic E-state index is 0.00886. The van der Waals surface area contributed by atoms with Crippen molar-refractivity contribution in [1.29, 1.82) is 0 Å². The highest BCUT2D eigenvalue weighted by molar-refractivity contribution is 5.91. The average molecular weight is 263 g/mol. The molecule has 2 heterocycles. The van der Waals surface area contributed by atoms with Gasteiger partial charge in [0.2, 0.25) is 0 Å². The predicted octanol–water partition coefficient (Wildman–Crippen LogP) is 0.685. The first-order valence-electron chi connectivity index (χ1n) is 7.12. The third-order valence-corrected chi connectivity index (χ3v) is 4.22. The van der Waals surface area contributed by atoms with E-state index in [1.807, 2.05) is 7.05 Å². The largest absolute Gasteiger partial charge is 0.340 e. The van der Waals surface area contributed by atoms with Gasteiger partial charge in [0.05, 0.1) is 12.2 Å². The van der Waals surface area contributed by atoms with E-state index in [0.29, 0.717) is 17.7 Å². The Morgan fingerprint density at radius 1 is 1.47 bits per heavy atom. The van der Waals surface area contributed by atoms with Gasteiger partial charge in [-0.15, -0.1) is 5.10 Å².